The minimum Gasteiger partial charge on any atom is -0.469 e. The lowest BCUT2D eigenvalue weighted by atomic mass is 9.32. The maximum absolute atomic E-state index is 13.3. The number of esters is 1. The highest BCUT2D eigenvalue weighted by Crippen LogP contribution is 2.77. The molecule has 35 heavy (non-hydrogen) atoms. The van der Waals surface area contributed by atoms with Crippen molar-refractivity contribution in [3.63, 3.8) is 0 Å². The number of rotatable bonds is 2. The van der Waals surface area contributed by atoms with E-state index < -0.39 is 6.10 Å². The van der Waals surface area contributed by atoms with E-state index in [1.807, 2.05) is 0 Å². The van der Waals surface area contributed by atoms with Crippen LogP contribution in [0, 0.1) is 56.7 Å². The molecule has 4 heteroatoms. The molecule has 5 rings (SSSR count). The van der Waals surface area contributed by atoms with E-state index in [0.29, 0.717) is 36.0 Å². The van der Waals surface area contributed by atoms with Crippen molar-refractivity contribution in [2.24, 2.45) is 56.7 Å². The first-order valence-electron chi connectivity index (χ1n) is 14.2. The molecule has 5 saturated carbocycles. The Bertz CT molecular complexity index is 952. The zero-order valence-corrected chi connectivity index (χ0v) is 23.2. The summed E-state index contributed by atoms with van der Waals surface area (Å²) in [5.74, 6) is 2.02. The first-order valence-corrected chi connectivity index (χ1v) is 14.2. The van der Waals surface area contributed by atoms with Crippen LogP contribution in [0.15, 0.2) is 12.2 Å². The molecule has 0 spiro atoms. The number of aliphatic hydroxyl groups excluding tert-OH is 1. The van der Waals surface area contributed by atoms with Crippen LogP contribution < -0.4 is 0 Å². The lowest BCUT2D eigenvalue weighted by Gasteiger charge is -2.72. The van der Waals surface area contributed by atoms with Crippen LogP contribution in [0.5, 0.6) is 0 Å². The SMILES string of the molecule is C=C(C)[C@@H]1CC[C@]2(C(=O)OC)CC[C@]3(C)C(CCC4[C@@]5(C)CC(=O)C(O)C(C)(C)C5CC[C@]43C)C12. The van der Waals surface area contributed by atoms with Crippen molar-refractivity contribution in [3.8, 4) is 0 Å². The van der Waals surface area contributed by atoms with Crippen molar-refractivity contribution in [2.75, 3.05) is 7.11 Å². The number of methoxy groups -OCH3 is 1. The van der Waals surface area contributed by atoms with E-state index in [-0.39, 0.29) is 38.8 Å². The van der Waals surface area contributed by atoms with Gasteiger partial charge in [0.1, 0.15) is 6.10 Å². The van der Waals surface area contributed by atoms with E-state index in [4.69, 9.17) is 4.74 Å². The van der Waals surface area contributed by atoms with Gasteiger partial charge in [-0.15, -0.1) is 0 Å². The second-order valence-electron chi connectivity index (χ2n) is 14.7. The summed E-state index contributed by atoms with van der Waals surface area (Å²) in [6, 6.07) is 0. The topological polar surface area (TPSA) is 63.6 Å². The summed E-state index contributed by atoms with van der Waals surface area (Å²) in [6.45, 7) is 18.2. The zero-order chi connectivity index (χ0) is 25.8. The van der Waals surface area contributed by atoms with Gasteiger partial charge in [-0.25, -0.2) is 0 Å². The van der Waals surface area contributed by atoms with E-state index in [9.17, 15) is 14.7 Å². The predicted octanol–water partition coefficient (Wildman–Crippen LogP) is 6.36. The Morgan fingerprint density at radius 2 is 1.63 bits per heavy atom. The third kappa shape index (κ3) is 2.95. The smallest absolute Gasteiger partial charge is 0.312 e. The van der Waals surface area contributed by atoms with Crippen LogP contribution in [0.4, 0.5) is 0 Å². The summed E-state index contributed by atoms with van der Waals surface area (Å²) in [4.78, 5) is 26.5. The second-order valence-corrected chi connectivity index (χ2v) is 14.7. The van der Waals surface area contributed by atoms with Gasteiger partial charge in [-0.05, 0) is 104 Å². The number of Topliss-reactive ketones (excluding diaryl/α,β-unsaturated/α-hetero) is 1. The van der Waals surface area contributed by atoms with Gasteiger partial charge in [0.25, 0.3) is 0 Å². The molecular weight excluding hydrogens is 436 g/mol. The minimum atomic E-state index is -0.845. The van der Waals surface area contributed by atoms with E-state index >= 15 is 0 Å². The Morgan fingerprint density at radius 3 is 2.26 bits per heavy atom. The van der Waals surface area contributed by atoms with Gasteiger partial charge < -0.3 is 9.84 Å². The molecule has 5 unspecified atom stereocenters. The maximum Gasteiger partial charge on any atom is 0.312 e. The molecule has 0 aromatic rings. The van der Waals surface area contributed by atoms with E-state index in [1.54, 1.807) is 7.11 Å². The molecule has 5 aliphatic carbocycles. The maximum atomic E-state index is 13.3. The number of allylic oxidation sites excluding steroid dienone is 1. The summed E-state index contributed by atoms with van der Waals surface area (Å²) in [6.07, 6.45) is 8.03. The number of hydrogen-bond acceptors (Lipinski definition) is 4. The highest BCUT2D eigenvalue weighted by Gasteiger charge is 2.72. The summed E-state index contributed by atoms with van der Waals surface area (Å²) >= 11 is 0. The Kier molecular flexibility index (Phi) is 5.59. The van der Waals surface area contributed by atoms with Crippen LogP contribution in [0.25, 0.3) is 0 Å². The number of fused-ring (bicyclic) bond motifs is 7. The molecule has 4 nitrogen and oxygen atoms in total. The van der Waals surface area contributed by atoms with Crippen LogP contribution in [-0.4, -0.2) is 30.1 Å². The van der Waals surface area contributed by atoms with Crippen molar-refractivity contribution in [1.29, 1.82) is 0 Å². The normalized spacial score (nSPS) is 52.5. The molecule has 0 bridgehead atoms. The molecule has 196 valence electrons. The Balaban J connectivity index is 1.58. The number of carbonyl (C=O) groups excluding carboxylic acids is 2. The lowest BCUT2D eigenvalue weighted by Crippen LogP contribution is -2.68. The molecule has 0 aliphatic heterocycles. The van der Waals surface area contributed by atoms with Crippen molar-refractivity contribution >= 4 is 11.8 Å². The molecule has 10 atom stereocenters. The fraction of sp³-hybridized carbons (Fsp3) is 0.871. The third-order valence-corrected chi connectivity index (χ3v) is 13.4. The second kappa shape index (κ2) is 7.68. The van der Waals surface area contributed by atoms with E-state index in [2.05, 4.69) is 48.1 Å². The molecule has 0 amide bonds. The Hall–Kier alpha value is -1.16. The number of ketones is 1. The molecule has 0 aromatic heterocycles. The van der Waals surface area contributed by atoms with Gasteiger partial charge in [0, 0.05) is 11.8 Å². The molecule has 5 aliphatic rings. The number of carbonyl (C=O) groups is 2. The molecule has 0 aromatic carbocycles. The Labute approximate surface area is 212 Å². The Morgan fingerprint density at radius 1 is 0.943 bits per heavy atom. The monoisotopic (exact) mass is 484 g/mol. The van der Waals surface area contributed by atoms with Crippen LogP contribution in [-0.2, 0) is 14.3 Å². The van der Waals surface area contributed by atoms with Gasteiger partial charge in [0.05, 0.1) is 12.5 Å². The molecule has 0 saturated heterocycles. The standard InChI is InChI=1S/C31H48O4/c1-18(2)19-11-14-31(26(34)35-8)16-15-29(6)20(24(19)31)9-10-23-28(5)17-21(32)25(33)27(3,4)22(28)12-13-30(23,29)7/h19-20,22-25,33H,1,9-17H2,2-8H3/t19-,20?,22?,23?,24?,25?,28-,29+,30+,31-/m0/s1. The van der Waals surface area contributed by atoms with Crippen molar-refractivity contribution < 1.29 is 19.4 Å². The van der Waals surface area contributed by atoms with Gasteiger partial charge in [-0.3, -0.25) is 9.59 Å². The highest BCUT2D eigenvalue weighted by molar-refractivity contribution is 5.85. The van der Waals surface area contributed by atoms with Crippen LogP contribution in [0.1, 0.15) is 99.3 Å². The lowest BCUT2D eigenvalue weighted by molar-refractivity contribution is -0.243. The summed E-state index contributed by atoms with van der Waals surface area (Å²) in [7, 11) is 1.56. The van der Waals surface area contributed by atoms with Crippen LogP contribution >= 0.6 is 0 Å². The molecule has 1 N–H and O–H groups in total. The summed E-state index contributed by atoms with van der Waals surface area (Å²) < 4.78 is 5.47. The van der Waals surface area contributed by atoms with Gasteiger partial charge in [-0.2, -0.15) is 0 Å². The zero-order valence-electron chi connectivity index (χ0n) is 23.2. The number of hydrogen-bond donors (Lipinski definition) is 1. The summed E-state index contributed by atoms with van der Waals surface area (Å²) in [5, 5.41) is 10.8. The molecular formula is C31H48O4. The largest absolute Gasteiger partial charge is 0.469 e. The van der Waals surface area contributed by atoms with Crippen molar-refractivity contribution in [2.45, 2.75) is 105 Å². The highest BCUT2D eigenvalue weighted by atomic mass is 16.5. The fourth-order valence-electron chi connectivity index (χ4n) is 11.6. The van der Waals surface area contributed by atoms with Crippen molar-refractivity contribution in [1.82, 2.24) is 0 Å². The van der Waals surface area contributed by atoms with E-state index in [0.717, 1.165) is 51.4 Å². The van der Waals surface area contributed by atoms with E-state index in [1.165, 1.54) is 5.57 Å². The summed E-state index contributed by atoms with van der Waals surface area (Å²) in [5.41, 5.74) is 0.631. The predicted molar refractivity (Wildman–Crippen MR) is 137 cm³/mol. The first kappa shape index (κ1) is 25.5. The molecule has 0 radical (unpaired) electrons. The number of aliphatic hydroxyl groups is 1. The number of ether oxygens (including phenoxy) is 1. The van der Waals surface area contributed by atoms with Crippen molar-refractivity contribution in [3.05, 3.63) is 12.2 Å². The van der Waals surface area contributed by atoms with Crippen LogP contribution in [0.2, 0.25) is 0 Å². The first-order chi connectivity index (χ1) is 16.2. The van der Waals surface area contributed by atoms with Gasteiger partial charge in [0.2, 0.25) is 0 Å². The average molecular weight is 485 g/mol. The minimum absolute atomic E-state index is 0.00450. The van der Waals surface area contributed by atoms with Gasteiger partial charge in [-0.1, -0.05) is 46.8 Å². The molecule has 0 heterocycles. The quantitative estimate of drug-likeness (QED) is 0.366. The fourth-order valence-corrected chi connectivity index (χ4v) is 11.6. The molecule has 5 fully saturated rings. The van der Waals surface area contributed by atoms with Gasteiger partial charge in [0.15, 0.2) is 5.78 Å². The third-order valence-electron chi connectivity index (χ3n) is 13.4. The average Bonchev–Trinajstić information content (AvgIpc) is 3.18. The van der Waals surface area contributed by atoms with Crippen LogP contribution in [0.3, 0.4) is 0 Å². The van der Waals surface area contributed by atoms with Gasteiger partial charge >= 0.3 is 5.97 Å².